The maximum absolute atomic E-state index is 12.2. The Morgan fingerprint density at radius 2 is 2.16 bits per heavy atom. The van der Waals surface area contributed by atoms with E-state index in [2.05, 4.69) is 18.6 Å². The van der Waals surface area contributed by atoms with Crippen molar-refractivity contribution in [2.24, 2.45) is 11.8 Å². The monoisotopic (exact) mass is 292 g/mol. The molecule has 2 unspecified atom stereocenters. The minimum atomic E-state index is -3.35. The van der Waals surface area contributed by atoms with Crippen LogP contribution in [0.1, 0.15) is 46.0 Å². The smallest absolute Gasteiger partial charge is 0.279 e. The lowest BCUT2D eigenvalue weighted by molar-refractivity contribution is 0.248. The van der Waals surface area contributed by atoms with Crippen LogP contribution in [-0.2, 0) is 10.2 Å². The van der Waals surface area contributed by atoms with Crippen LogP contribution in [0.25, 0.3) is 0 Å². The fraction of sp³-hybridized carbons (Fsp3) is 1.00. The molecule has 114 valence electrons. The largest absolute Gasteiger partial charge is 0.396 e. The van der Waals surface area contributed by atoms with Crippen LogP contribution in [0, 0.1) is 11.8 Å². The Balaban J connectivity index is 2.48. The molecule has 1 saturated heterocycles. The third kappa shape index (κ3) is 5.77. The van der Waals surface area contributed by atoms with Crippen LogP contribution in [0.5, 0.6) is 0 Å². The minimum Gasteiger partial charge on any atom is -0.396 e. The van der Waals surface area contributed by atoms with Crippen LogP contribution in [-0.4, -0.2) is 44.1 Å². The number of piperidine rings is 1. The topological polar surface area (TPSA) is 69.6 Å². The van der Waals surface area contributed by atoms with Crippen LogP contribution in [0.15, 0.2) is 0 Å². The van der Waals surface area contributed by atoms with Crippen LogP contribution < -0.4 is 4.72 Å². The van der Waals surface area contributed by atoms with Crippen molar-refractivity contribution < 1.29 is 13.5 Å². The van der Waals surface area contributed by atoms with Crippen molar-refractivity contribution in [2.45, 2.75) is 46.0 Å². The summed E-state index contributed by atoms with van der Waals surface area (Å²) >= 11 is 0. The number of hydrogen-bond donors (Lipinski definition) is 2. The van der Waals surface area contributed by atoms with Gasteiger partial charge >= 0.3 is 0 Å². The Hall–Kier alpha value is -0.170. The van der Waals surface area contributed by atoms with Gasteiger partial charge in [0.25, 0.3) is 10.2 Å². The van der Waals surface area contributed by atoms with E-state index in [-0.39, 0.29) is 12.5 Å². The minimum absolute atomic E-state index is 0.118. The van der Waals surface area contributed by atoms with Gasteiger partial charge in [0.05, 0.1) is 0 Å². The van der Waals surface area contributed by atoms with Crippen molar-refractivity contribution in [3.05, 3.63) is 0 Å². The number of aliphatic hydroxyl groups excluding tert-OH is 1. The zero-order valence-corrected chi connectivity index (χ0v) is 13.0. The van der Waals surface area contributed by atoms with Crippen LogP contribution in [0.2, 0.25) is 0 Å². The Kier molecular flexibility index (Phi) is 7.28. The summed E-state index contributed by atoms with van der Waals surface area (Å²) in [6, 6.07) is 0. The van der Waals surface area contributed by atoms with E-state index in [4.69, 9.17) is 5.11 Å². The quantitative estimate of drug-likeness (QED) is 0.709. The summed E-state index contributed by atoms with van der Waals surface area (Å²) in [5.41, 5.74) is 0. The van der Waals surface area contributed by atoms with Crippen LogP contribution in [0.3, 0.4) is 0 Å². The van der Waals surface area contributed by atoms with Gasteiger partial charge in [-0.1, -0.05) is 20.3 Å². The highest BCUT2D eigenvalue weighted by Crippen LogP contribution is 2.18. The van der Waals surface area contributed by atoms with E-state index in [1.165, 1.54) is 0 Å². The number of hydrogen-bond acceptors (Lipinski definition) is 3. The molecule has 6 heteroatoms. The van der Waals surface area contributed by atoms with Gasteiger partial charge in [-0.3, -0.25) is 0 Å². The molecule has 1 aliphatic heterocycles. The number of nitrogens with zero attached hydrogens (tertiary/aromatic N) is 1. The van der Waals surface area contributed by atoms with Crippen LogP contribution in [0.4, 0.5) is 0 Å². The second-order valence-corrected chi connectivity index (χ2v) is 7.38. The SMILES string of the molecule is CCCC(CCO)CNS(=O)(=O)N1CCCC(C)C1. The number of nitrogens with one attached hydrogen (secondary N) is 1. The predicted octanol–water partition coefficient (Wildman–Crippen LogP) is 1.35. The summed E-state index contributed by atoms with van der Waals surface area (Å²) in [4.78, 5) is 0. The van der Waals surface area contributed by atoms with Gasteiger partial charge < -0.3 is 5.11 Å². The first-order valence-corrected chi connectivity index (χ1v) is 8.79. The van der Waals surface area contributed by atoms with E-state index in [0.29, 0.717) is 32.0 Å². The molecule has 0 saturated carbocycles. The lowest BCUT2D eigenvalue weighted by Crippen LogP contribution is -2.46. The van der Waals surface area contributed by atoms with Crippen molar-refractivity contribution in [3.63, 3.8) is 0 Å². The first-order chi connectivity index (χ1) is 8.99. The lowest BCUT2D eigenvalue weighted by atomic mass is 10.0. The molecular weight excluding hydrogens is 264 g/mol. The van der Waals surface area contributed by atoms with Gasteiger partial charge in [-0.15, -0.1) is 0 Å². The van der Waals surface area contributed by atoms with Crippen molar-refractivity contribution in [2.75, 3.05) is 26.2 Å². The zero-order valence-electron chi connectivity index (χ0n) is 12.1. The normalized spacial score (nSPS) is 23.4. The fourth-order valence-corrected chi connectivity index (χ4v) is 4.07. The van der Waals surface area contributed by atoms with E-state index in [0.717, 1.165) is 25.7 Å². The van der Waals surface area contributed by atoms with Gasteiger partial charge in [0.1, 0.15) is 0 Å². The number of aliphatic hydroxyl groups is 1. The molecule has 0 radical (unpaired) electrons. The Morgan fingerprint density at radius 1 is 1.42 bits per heavy atom. The summed E-state index contributed by atoms with van der Waals surface area (Å²) in [5.74, 6) is 0.668. The highest BCUT2D eigenvalue weighted by Gasteiger charge is 2.27. The van der Waals surface area contributed by atoms with E-state index in [9.17, 15) is 8.42 Å². The molecule has 0 aliphatic carbocycles. The maximum atomic E-state index is 12.2. The third-order valence-corrected chi connectivity index (χ3v) is 5.29. The molecular formula is C13H28N2O3S. The first kappa shape index (κ1) is 16.9. The van der Waals surface area contributed by atoms with E-state index in [1.807, 2.05) is 0 Å². The molecule has 1 heterocycles. The summed E-state index contributed by atoms with van der Waals surface area (Å²) in [6.07, 6.45) is 4.66. The van der Waals surface area contributed by atoms with Gasteiger partial charge in [-0.05, 0) is 37.5 Å². The second-order valence-electron chi connectivity index (χ2n) is 5.63. The van der Waals surface area contributed by atoms with E-state index in [1.54, 1.807) is 4.31 Å². The van der Waals surface area contributed by atoms with Crippen LogP contribution >= 0.6 is 0 Å². The predicted molar refractivity (Wildman–Crippen MR) is 77.0 cm³/mol. The van der Waals surface area contributed by atoms with Crippen molar-refractivity contribution in [1.82, 2.24) is 9.03 Å². The molecule has 2 N–H and O–H groups in total. The molecule has 5 nitrogen and oxygen atoms in total. The highest BCUT2D eigenvalue weighted by molar-refractivity contribution is 7.87. The highest BCUT2D eigenvalue weighted by atomic mass is 32.2. The maximum Gasteiger partial charge on any atom is 0.279 e. The summed E-state index contributed by atoms with van der Waals surface area (Å²) < 4.78 is 28.7. The Morgan fingerprint density at radius 3 is 2.74 bits per heavy atom. The molecule has 0 bridgehead atoms. The third-order valence-electron chi connectivity index (χ3n) is 3.75. The molecule has 0 aromatic carbocycles. The Labute approximate surface area is 117 Å². The van der Waals surface area contributed by atoms with Crippen molar-refractivity contribution in [3.8, 4) is 0 Å². The van der Waals surface area contributed by atoms with Gasteiger partial charge in [0.15, 0.2) is 0 Å². The van der Waals surface area contributed by atoms with Gasteiger partial charge in [-0.25, -0.2) is 4.72 Å². The Bertz CT molecular complexity index is 340. The van der Waals surface area contributed by atoms with Gasteiger partial charge in [0.2, 0.25) is 0 Å². The molecule has 19 heavy (non-hydrogen) atoms. The first-order valence-electron chi connectivity index (χ1n) is 7.35. The molecule has 1 fully saturated rings. The summed E-state index contributed by atoms with van der Waals surface area (Å²) in [5, 5.41) is 8.99. The van der Waals surface area contributed by atoms with Gasteiger partial charge in [0, 0.05) is 26.2 Å². The standard InChI is InChI=1S/C13H28N2O3S/c1-3-5-13(7-9-16)10-14-19(17,18)15-8-4-6-12(2)11-15/h12-14,16H,3-11H2,1-2H3. The van der Waals surface area contributed by atoms with Gasteiger partial charge in [-0.2, -0.15) is 12.7 Å². The molecule has 1 rings (SSSR count). The summed E-state index contributed by atoms with van der Waals surface area (Å²) in [7, 11) is -3.35. The molecule has 0 aromatic rings. The zero-order chi connectivity index (χ0) is 14.3. The molecule has 1 aliphatic rings. The number of rotatable bonds is 8. The average molecular weight is 292 g/mol. The lowest BCUT2D eigenvalue weighted by Gasteiger charge is -2.30. The van der Waals surface area contributed by atoms with Crippen molar-refractivity contribution >= 4 is 10.2 Å². The molecule has 0 amide bonds. The van der Waals surface area contributed by atoms with E-state index >= 15 is 0 Å². The molecule has 0 aromatic heterocycles. The molecule has 2 atom stereocenters. The summed E-state index contributed by atoms with van der Waals surface area (Å²) in [6.45, 7) is 5.96. The van der Waals surface area contributed by atoms with Crippen molar-refractivity contribution in [1.29, 1.82) is 0 Å². The fourth-order valence-electron chi connectivity index (χ4n) is 2.62. The average Bonchev–Trinajstić information content (AvgIpc) is 2.37. The molecule has 0 spiro atoms. The van der Waals surface area contributed by atoms with E-state index < -0.39 is 10.2 Å². The second kappa shape index (κ2) is 8.19.